The Kier molecular flexibility index (Phi) is 7.35. The molecular weight excluding hydrogens is 352 g/mol. The Bertz CT molecular complexity index is 781. The molecular formula is C19H22N2O4S. The van der Waals surface area contributed by atoms with Gasteiger partial charge in [-0.3, -0.25) is 10.1 Å². The van der Waals surface area contributed by atoms with E-state index in [9.17, 15) is 9.59 Å². The van der Waals surface area contributed by atoms with Crippen molar-refractivity contribution in [2.75, 3.05) is 18.5 Å². The van der Waals surface area contributed by atoms with Crippen LogP contribution in [0.25, 0.3) is 6.08 Å². The number of hydrogen-bond acceptors (Lipinski definition) is 6. The molecule has 1 aromatic heterocycles. The Hall–Kier alpha value is -2.67. The van der Waals surface area contributed by atoms with Crippen LogP contribution in [0.5, 0.6) is 5.75 Å². The molecule has 7 heteroatoms. The van der Waals surface area contributed by atoms with Gasteiger partial charge in [0.1, 0.15) is 10.6 Å². The lowest BCUT2D eigenvalue weighted by Gasteiger charge is -2.03. The van der Waals surface area contributed by atoms with Crippen LogP contribution >= 0.6 is 11.3 Å². The number of rotatable bonds is 8. The number of amides is 1. The largest absolute Gasteiger partial charge is 0.494 e. The summed E-state index contributed by atoms with van der Waals surface area (Å²) in [6, 6.07) is 7.48. The summed E-state index contributed by atoms with van der Waals surface area (Å²) >= 11 is 1.10. The van der Waals surface area contributed by atoms with E-state index in [2.05, 4.69) is 17.2 Å². The van der Waals surface area contributed by atoms with E-state index in [1.165, 1.54) is 6.08 Å². The number of nitrogens with one attached hydrogen (secondary N) is 1. The first-order chi connectivity index (χ1) is 12.5. The smallest absolute Gasteiger partial charge is 0.350 e. The van der Waals surface area contributed by atoms with Crippen molar-refractivity contribution in [3.05, 3.63) is 46.5 Å². The second-order valence-electron chi connectivity index (χ2n) is 5.39. The number of ether oxygens (including phenoxy) is 2. The topological polar surface area (TPSA) is 77.5 Å². The second-order valence-corrected chi connectivity index (χ2v) is 6.39. The van der Waals surface area contributed by atoms with Crippen molar-refractivity contribution in [3.63, 3.8) is 0 Å². The number of carbonyl (C=O) groups excluding carboxylic acids is 2. The molecule has 0 radical (unpaired) electrons. The van der Waals surface area contributed by atoms with E-state index in [-0.39, 0.29) is 5.91 Å². The highest BCUT2D eigenvalue weighted by Gasteiger charge is 2.16. The Balaban J connectivity index is 1.95. The van der Waals surface area contributed by atoms with Gasteiger partial charge in [-0.05, 0) is 44.0 Å². The third-order valence-electron chi connectivity index (χ3n) is 3.27. The summed E-state index contributed by atoms with van der Waals surface area (Å²) in [5, 5.41) is 3.02. The van der Waals surface area contributed by atoms with Crippen LogP contribution in [-0.2, 0) is 9.53 Å². The maximum atomic E-state index is 12.0. The van der Waals surface area contributed by atoms with Crippen LogP contribution in [0.15, 0.2) is 30.3 Å². The summed E-state index contributed by atoms with van der Waals surface area (Å²) in [6.07, 6.45) is 4.07. The number of aromatic nitrogens is 1. The first-order valence-electron chi connectivity index (χ1n) is 8.40. The first kappa shape index (κ1) is 19.7. The van der Waals surface area contributed by atoms with Gasteiger partial charge in [0.15, 0.2) is 5.13 Å². The number of esters is 1. The molecule has 0 saturated heterocycles. The van der Waals surface area contributed by atoms with Crippen LogP contribution < -0.4 is 10.1 Å². The quantitative estimate of drug-likeness (QED) is 0.557. The van der Waals surface area contributed by atoms with E-state index in [4.69, 9.17) is 9.47 Å². The molecule has 0 spiro atoms. The summed E-state index contributed by atoms with van der Waals surface area (Å²) in [7, 11) is 0. The highest BCUT2D eigenvalue weighted by Crippen LogP contribution is 2.23. The molecule has 6 nitrogen and oxygen atoms in total. The van der Waals surface area contributed by atoms with Gasteiger partial charge in [0, 0.05) is 6.08 Å². The van der Waals surface area contributed by atoms with Crippen LogP contribution in [0.4, 0.5) is 5.13 Å². The van der Waals surface area contributed by atoms with Gasteiger partial charge in [-0.15, -0.1) is 0 Å². The van der Waals surface area contributed by atoms with E-state index in [0.29, 0.717) is 28.9 Å². The maximum Gasteiger partial charge on any atom is 0.350 e. The van der Waals surface area contributed by atoms with Crippen LogP contribution in [0.1, 0.15) is 41.2 Å². The number of carbonyl (C=O) groups is 2. The number of hydrogen-bond donors (Lipinski definition) is 1. The van der Waals surface area contributed by atoms with Crippen LogP contribution in [0, 0.1) is 6.92 Å². The molecule has 138 valence electrons. The SMILES string of the molecule is CCCOc1ccc(/C=C/C(=O)Nc2nc(C)c(C(=O)OCC)s2)cc1. The highest BCUT2D eigenvalue weighted by atomic mass is 32.1. The summed E-state index contributed by atoms with van der Waals surface area (Å²) in [5.74, 6) is 0.0580. The molecule has 1 amide bonds. The van der Waals surface area contributed by atoms with Crippen molar-refractivity contribution < 1.29 is 19.1 Å². The molecule has 0 bridgehead atoms. The summed E-state index contributed by atoms with van der Waals surface area (Å²) in [6.45, 7) is 6.47. The predicted molar refractivity (Wildman–Crippen MR) is 103 cm³/mol. The summed E-state index contributed by atoms with van der Waals surface area (Å²) in [5.41, 5.74) is 1.42. The van der Waals surface area contributed by atoms with Gasteiger partial charge < -0.3 is 9.47 Å². The molecule has 0 aliphatic rings. The van der Waals surface area contributed by atoms with E-state index < -0.39 is 5.97 Å². The van der Waals surface area contributed by atoms with E-state index in [1.807, 2.05) is 24.3 Å². The van der Waals surface area contributed by atoms with Gasteiger partial charge in [-0.2, -0.15) is 0 Å². The highest BCUT2D eigenvalue weighted by molar-refractivity contribution is 7.17. The average Bonchev–Trinajstić information content (AvgIpc) is 2.99. The van der Waals surface area contributed by atoms with Gasteiger partial charge in [0.05, 0.1) is 18.9 Å². The first-order valence-corrected chi connectivity index (χ1v) is 9.21. The van der Waals surface area contributed by atoms with Gasteiger partial charge in [-0.1, -0.05) is 30.4 Å². The number of aryl methyl sites for hydroxylation is 1. The molecule has 0 fully saturated rings. The van der Waals surface area contributed by atoms with Gasteiger partial charge in [-0.25, -0.2) is 9.78 Å². The predicted octanol–water partition coefficient (Wildman–Crippen LogP) is 4.07. The van der Waals surface area contributed by atoms with E-state index in [1.54, 1.807) is 19.9 Å². The molecule has 0 unspecified atom stereocenters. The van der Waals surface area contributed by atoms with Crippen molar-refractivity contribution in [1.29, 1.82) is 0 Å². The fraction of sp³-hybridized carbons (Fsp3) is 0.316. The molecule has 0 saturated carbocycles. The number of anilines is 1. The second kappa shape index (κ2) is 9.72. The van der Waals surface area contributed by atoms with E-state index >= 15 is 0 Å². The number of benzene rings is 1. The minimum Gasteiger partial charge on any atom is -0.494 e. The average molecular weight is 374 g/mol. The summed E-state index contributed by atoms with van der Waals surface area (Å²) < 4.78 is 10.5. The monoisotopic (exact) mass is 374 g/mol. The van der Waals surface area contributed by atoms with Gasteiger partial charge >= 0.3 is 5.97 Å². The molecule has 1 aromatic carbocycles. The Morgan fingerprint density at radius 1 is 1.23 bits per heavy atom. The summed E-state index contributed by atoms with van der Waals surface area (Å²) in [4.78, 5) is 28.4. The Morgan fingerprint density at radius 2 is 1.96 bits per heavy atom. The molecule has 0 aliphatic heterocycles. The number of thiazole rings is 1. The molecule has 2 rings (SSSR count). The third kappa shape index (κ3) is 5.70. The number of nitrogens with zero attached hydrogens (tertiary/aromatic N) is 1. The van der Waals surface area contributed by atoms with Crippen molar-refractivity contribution in [3.8, 4) is 5.75 Å². The molecule has 26 heavy (non-hydrogen) atoms. The van der Waals surface area contributed by atoms with Crippen molar-refractivity contribution in [2.45, 2.75) is 27.2 Å². The molecule has 1 N–H and O–H groups in total. The minimum absolute atomic E-state index is 0.295. The lowest BCUT2D eigenvalue weighted by atomic mass is 10.2. The normalized spacial score (nSPS) is 10.7. The molecule has 1 heterocycles. The zero-order valence-electron chi connectivity index (χ0n) is 15.1. The van der Waals surface area contributed by atoms with Crippen LogP contribution in [0.2, 0.25) is 0 Å². The third-order valence-corrected chi connectivity index (χ3v) is 4.32. The molecule has 0 atom stereocenters. The fourth-order valence-corrected chi connectivity index (χ4v) is 2.91. The molecule has 0 aliphatic carbocycles. The van der Waals surface area contributed by atoms with Gasteiger partial charge in [0.25, 0.3) is 0 Å². The van der Waals surface area contributed by atoms with Crippen molar-refractivity contribution in [1.82, 2.24) is 4.98 Å². The van der Waals surface area contributed by atoms with Crippen LogP contribution in [-0.4, -0.2) is 30.1 Å². The maximum absolute atomic E-state index is 12.0. The van der Waals surface area contributed by atoms with Crippen molar-refractivity contribution in [2.24, 2.45) is 0 Å². The molecule has 2 aromatic rings. The fourth-order valence-electron chi connectivity index (χ4n) is 2.05. The van der Waals surface area contributed by atoms with Crippen molar-refractivity contribution >= 4 is 34.4 Å². The standard InChI is InChI=1S/C19H22N2O4S/c1-4-12-25-15-9-6-14(7-10-15)8-11-16(22)21-19-20-13(3)17(26-19)18(23)24-5-2/h6-11H,4-5,12H2,1-3H3,(H,20,21,22)/b11-8+. The zero-order chi connectivity index (χ0) is 18.9. The van der Waals surface area contributed by atoms with E-state index in [0.717, 1.165) is 29.1 Å². The zero-order valence-corrected chi connectivity index (χ0v) is 15.9. The van der Waals surface area contributed by atoms with Gasteiger partial charge in [0.2, 0.25) is 5.91 Å². The Labute approximate surface area is 156 Å². The lowest BCUT2D eigenvalue weighted by molar-refractivity contribution is -0.111. The Morgan fingerprint density at radius 3 is 2.62 bits per heavy atom. The minimum atomic E-state index is -0.427. The lowest BCUT2D eigenvalue weighted by Crippen LogP contribution is -2.07. The van der Waals surface area contributed by atoms with Crippen LogP contribution in [0.3, 0.4) is 0 Å².